The standard InChI is InChI=1S/C18H30N2O7/c1-12(15(22)23)13(16(24)25)10-8-6-5-7-9-11-14(21)19-20-17(26)27-18(2,3)4/h13H,1,5-11H2,2-4H3,(H,19,21)(H,20,26)(H,22,23)(H,24,25)/t13-/m1/s1. The number of carbonyl (C=O) groups is 4. The van der Waals surface area contributed by atoms with Crippen LogP contribution in [0.4, 0.5) is 4.79 Å². The number of carboxylic acids is 2. The molecule has 0 aromatic carbocycles. The van der Waals surface area contributed by atoms with Crippen LogP contribution in [0.25, 0.3) is 0 Å². The van der Waals surface area contributed by atoms with E-state index in [9.17, 15) is 19.2 Å². The zero-order valence-corrected chi connectivity index (χ0v) is 16.2. The first-order valence-electron chi connectivity index (χ1n) is 8.86. The van der Waals surface area contributed by atoms with Crippen molar-refractivity contribution in [3.8, 4) is 0 Å². The number of hydrazine groups is 1. The average molecular weight is 386 g/mol. The van der Waals surface area contributed by atoms with Gasteiger partial charge in [0.05, 0.1) is 5.92 Å². The highest BCUT2D eigenvalue weighted by atomic mass is 16.6. The van der Waals surface area contributed by atoms with Crippen LogP contribution in [0.3, 0.4) is 0 Å². The van der Waals surface area contributed by atoms with Crippen molar-refractivity contribution in [1.82, 2.24) is 10.9 Å². The third-order valence-corrected chi connectivity index (χ3v) is 3.59. The van der Waals surface area contributed by atoms with Crippen molar-refractivity contribution in [3.63, 3.8) is 0 Å². The molecule has 0 aliphatic carbocycles. The summed E-state index contributed by atoms with van der Waals surface area (Å²) in [6.45, 7) is 8.45. The van der Waals surface area contributed by atoms with Gasteiger partial charge in [0.2, 0.25) is 5.91 Å². The van der Waals surface area contributed by atoms with Crippen molar-refractivity contribution in [2.24, 2.45) is 5.92 Å². The number of hydrogen-bond donors (Lipinski definition) is 4. The van der Waals surface area contributed by atoms with E-state index >= 15 is 0 Å². The Morgan fingerprint density at radius 2 is 1.52 bits per heavy atom. The van der Waals surface area contributed by atoms with Gasteiger partial charge < -0.3 is 14.9 Å². The SMILES string of the molecule is C=C(C(=O)O)[C@@H](CCCCCCCC(=O)NNC(=O)OC(C)(C)C)C(=O)O. The lowest BCUT2D eigenvalue weighted by molar-refractivity contribution is -0.144. The minimum atomic E-state index is -1.30. The number of carboxylic acid groups (broad SMARTS) is 2. The number of ether oxygens (including phenoxy) is 1. The van der Waals surface area contributed by atoms with Crippen molar-refractivity contribution < 1.29 is 34.1 Å². The molecule has 0 rings (SSSR count). The van der Waals surface area contributed by atoms with Crippen molar-refractivity contribution in [2.75, 3.05) is 0 Å². The first-order chi connectivity index (χ1) is 12.4. The van der Waals surface area contributed by atoms with Crippen LogP contribution in [-0.2, 0) is 19.1 Å². The number of aliphatic carboxylic acids is 2. The van der Waals surface area contributed by atoms with Crippen molar-refractivity contribution in [3.05, 3.63) is 12.2 Å². The maximum atomic E-state index is 11.6. The van der Waals surface area contributed by atoms with Gasteiger partial charge in [-0.1, -0.05) is 32.3 Å². The van der Waals surface area contributed by atoms with E-state index < -0.39 is 29.6 Å². The Morgan fingerprint density at radius 1 is 0.963 bits per heavy atom. The molecule has 0 aliphatic rings. The molecular weight excluding hydrogens is 356 g/mol. The van der Waals surface area contributed by atoms with E-state index in [4.69, 9.17) is 14.9 Å². The Kier molecular flexibility index (Phi) is 10.8. The van der Waals surface area contributed by atoms with Crippen LogP contribution < -0.4 is 10.9 Å². The second kappa shape index (κ2) is 11.9. The van der Waals surface area contributed by atoms with Crippen molar-refractivity contribution in [1.29, 1.82) is 0 Å². The summed E-state index contributed by atoms with van der Waals surface area (Å²) < 4.78 is 4.98. The number of carbonyl (C=O) groups excluding carboxylic acids is 2. The zero-order valence-electron chi connectivity index (χ0n) is 16.2. The Hall–Kier alpha value is -2.58. The van der Waals surface area contributed by atoms with Crippen LogP contribution in [0, 0.1) is 5.92 Å². The molecule has 0 fully saturated rings. The van der Waals surface area contributed by atoms with E-state index in [0.717, 1.165) is 19.3 Å². The molecule has 0 saturated carbocycles. The molecule has 27 heavy (non-hydrogen) atoms. The van der Waals surface area contributed by atoms with Crippen molar-refractivity contribution in [2.45, 2.75) is 71.3 Å². The van der Waals surface area contributed by atoms with Gasteiger partial charge >= 0.3 is 18.0 Å². The summed E-state index contributed by atoms with van der Waals surface area (Å²) in [4.78, 5) is 44.8. The minimum absolute atomic E-state index is 0.223. The quantitative estimate of drug-likeness (QED) is 0.243. The highest BCUT2D eigenvalue weighted by Crippen LogP contribution is 2.19. The number of unbranched alkanes of at least 4 members (excludes halogenated alkanes) is 4. The Bertz CT molecular complexity index is 552. The Balaban J connectivity index is 3.83. The van der Waals surface area contributed by atoms with E-state index in [1.54, 1.807) is 20.8 Å². The minimum Gasteiger partial charge on any atom is -0.481 e. The van der Waals surface area contributed by atoms with Gasteiger partial charge in [-0.05, 0) is 33.6 Å². The van der Waals surface area contributed by atoms with E-state index in [0.29, 0.717) is 12.8 Å². The molecular formula is C18H30N2O7. The summed E-state index contributed by atoms with van der Waals surface area (Å²) in [7, 11) is 0. The molecule has 9 nitrogen and oxygen atoms in total. The summed E-state index contributed by atoms with van der Waals surface area (Å²) >= 11 is 0. The molecule has 154 valence electrons. The third kappa shape index (κ3) is 12.4. The van der Waals surface area contributed by atoms with Gasteiger partial charge in [-0.15, -0.1) is 0 Å². The number of nitrogens with one attached hydrogen (secondary N) is 2. The van der Waals surface area contributed by atoms with Gasteiger partial charge in [0, 0.05) is 12.0 Å². The fourth-order valence-electron chi connectivity index (χ4n) is 2.25. The second-order valence-corrected chi connectivity index (χ2v) is 7.20. The molecule has 0 radical (unpaired) electrons. The molecule has 0 aromatic heterocycles. The molecule has 9 heteroatoms. The lowest BCUT2D eigenvalue weighted by Gasteiger charge is -2.19. The highest BCUT2D eigenvalue weighted by molar-refractivity contribution is 5.93. The lowest BCUT2D eigenvalue weighted by Crippen LogP contribution is -2.44. The Labute approximate surface area is 159 Å². The van der Waals surface area contributed by atoms with Crippen LogP contribution in [0.15, 0.2) is 12.2 Å². The van der Waals surface area contributed by atoms with E-state index in [2.05, 4.69) is 17.4 Å². The summed E-state index contributed by atoms with van der Waals surface area (Å²) in [6, 6.07) is 0. The van der Waals surface area contributed by atoms with Crippen LogP contribution in [0.1, 0.15) is 65.7 Å². The lowest BCUT2D eigenvalue weighted by atomic mass is 9.94. The number of hydrogen-bond acceptors (Lipinski definition) is 5. The smallest absolute Gasteiger partial charge is 0.426 e. The summed E-state index contributed by atoms with van der Waals surface area (Å²) in [5.74, 6) is -3.89. The van der Waals surface area contributed by atoms with Crippen molar-refractivity contribution >= 4 is 23.9 Å². The van der Waals surface area contributed by atoms with Gasteiger partial charge in [-0.25, -0.2) is 15.0 Å². The first kappa shape index (κ1) is 24.4. The second-order valence-electron chi connectivity index (χ2n) is 7.20. The molecule has 0 aromatic rings. The average Bonchev–Trinajstić information content (AvgIpc) is 2.52. The van der Waals surface area contributed by atoms with Gasteiger partial charge in [0.15, 0.2) is 0 Å². The first-order valence-corrected chi connectivity index (χ1v) is 8.86. The zero-order chi connectivity index (χ0) is 21.0. The van der Waals surface area contributed by atoms with Gasteiger partial charge in [-0.3, -0.25) is 15.0 Å². The molecule has 2 amide bonds. The summed E-state index contributed by atoms with van der Waals surface area (Å²) in [5.41, 5.74) is 3.48. The van der Waals surface area contributed by atoms with E-state index in [1.807, 2.05) is 0 Å². The molecule has 4 N–H and O–H groups in total. The molecule has 0 unspecified atom stereocenters. The molecule has 0 aliphatic heterocycles. The van der Waals surface area contributed by atoms with Crippen LogP contribution in [-0.4, -0.2) is 39.8 Å². The molecule has 0 heterocycles. The Morgan fingerprint density at radius 3 is 2.04 bits per heavy atom. The predicted molar refractivity (Wildman–Crippen MR) is 97.7 cm³/mol. The fraction of sp³-hybridized carbons (Fsp3) is 0.667. The van der Waals surface area contributed by atoms with Gasteiger partial charge in [0.25, 0.3) is 0 Å². The molecule has 1 atom stereocenters. The maximum absolute atomic E-state index is 11.6. The molecule has 0 saturated heterocycles. The van der Waals surface area contributed by atoms with Crippen LogP contribution >= 0.6 is 0 Å². The van der Waals surface area contributed by atoms with E-state index in [-0.39, 0.29) is 24.3 Å². The molecule has 0 spiro atoms. The highest BCUT2D eigenvalue weighted by Gasteiger charge is 2.24. The number of rotatable bonds is 11. The predicted octanol–water partition coefficient (Wildman–Crippen LogP) is 2.61. The third-order valence-electron chi connectivity index (χ3n) is 3.59. The van der Waals surface area contributed by atoms with Crippen LogP contribution in [0.2, 0.25) is 0 Å². The topological polar surface area (TPSA) is 142 Å². The monoisotopic (exact) mass is 386 g/mol. The summed E-state index contributed by atoms with van der Waals surface area (Å²) in [5, 5.41) is 17.9. The largest absolute Gasteiger partial charge is 0.481 e. The maximum Gasteiger partial charge on any atom is 0.426 e. The van der Waals surface area contributed by atoms with Gasteiger partial charge in [-0.2, -0.15) is 0 Å². The normalized spacial score (nSPS) is 12.0. The summed E-state index contributed by atoms with van der Waals surface area (Å²) in [6.07, 6.45) is 3.20. The molecule has 0 bridgehead atoms. The van der Waals surface area contributed by atoms with Gasteiger partial charge in [0.1, 0.15) is 5.60 Å². The van der Waals surface area contributed by atoms with Crippen LogP contribution in [0.5, 0.6) is 0 Å². The van der Waals surface area contributed by atoms with E-state index in [1.165, 1.54) is 0 Å². The fourth-order valence-corrected chi connectivity index (χ4v) is 2.25. The number of amides is 2.